The van der Waals surface area contributed by atoms with Crippen LogP contribution in [0.2, 0.25) is 0 Å². The smallest absolute Gasteiger partial charge is 0.475 e. The van der Waals surface area contributed by atoms with Crippen molar-refractivity contribution in [3.05, 3.63) is 71.8 Å². The fourth-order valence-electron chi connectivity index (χ4n) is 5.43. The summed E-state index contributed by atoms with van der Waals surface area (Å²) in [7, 11) is 1.75. The van der Waals surface area contributed by atoms with E-state index in [1.807, 2.05) is 67.6 Å². The number of benzene rings is 2. The molecule has 2 heterocycles. The highest BCUT2D eigenvalue weighted by Crippen LogP contribution is 2.33. The van der Waals surface area contributed by atoms with E-state index < -0.39 is 24.2 Å². The van der Waals surface area contributed by atoms with Gasteiger partial charge in [0.15, 0.2) is 0 Å². The average Bonchev–Trinajstić information content (AvgIpc) is 3.34. The number of carboxylic acids is 1. The molecule has 4 N–H and O–H groups in total. The van der Waals surface area contributed by atoms with Gasteiger partial charge in [-0.3, -0.25) is 14.4 Å². The third-order valence-corrected chi connectivity index (χ3v) is 7.57. The Bertz CT molecular complexity index is 1170. The second-order valence-corrected chi connectivity index (χ2v) is 10.3. The minimum absolute atomic E-state index is 0.0401. The third-order valence-electron chi connectivity index (χ3n) is 7.57. The molecular weight excluding hydrogens is 553 g/mol. The molecule has 2 saturated heterocycles. The molecule has 12 heteroatoms. The van der Waals surface area contributed by atoms with Gasteiger partial charge in [-0.2, -0.15) is 13.2 Å². The van der Waals surface area contributed by atoms with Crippen molar-refractivity contribution in [1.29, 1.82) is 0 Å². The zero-order valence-electron chi connectivity index (χ0n) is 23.6. The number of aliphatic carboxylic acids is 1. The van der Waals surface area contributed by atoms with E-state index in [0.29, 0.717) is 19.3 Å². The van der Waals surface area contributed by atoms with Gasteiger partial charge in [0.1, 0.15) is 12.1 Å². The summed E-state index contributed by atoms with van der Waals surface area (Å²) in [5.41, 5.74) is 1.98. The van der Waals surface area contributed by atoms with Crippen molar-refractivity contribution in [3.63, 3.8) is 0 Å². The van der Waals surface area contributed by atoms with E-state index in [4.69, 9.17) is 9.90 Å². The highest BCUT2D eigenvalue weighted by molar-refractivity contribution is 5.94. The number of nitrogens with zero attached hydrogens (tertiary/aromatic N) is 1. The zero-order valence-corrected chi connectivity index (χ0v) is 23.6. The molecule has 0 radical (unpaired) electrons. The lowest BCUT2D eigenvalue weighted by atomic mass is 9.98. The van der Waals surface area contributed by atoms with E-state index in [9.17, 15) is 27.6 Å². The molecule has 3 amide bonds. The van der Waals surface area contributed by atoms with E-state index in [2.05, 4.69) is 16.0 Å². The van der Waals surface area contributed by atoms with Crippen LogP contribution >= 0.6 is 0 Å². The second-order valence-electron chi connectivity index (χ2n) is 10.3. The second kappa shape index (κ2) is 14.8. The molecule has 0 saturated carbocycles. The van der Waals surface area contributed by atoms with E-state index >= 15 is 0 Å². The van der Waals surface area contributed by atoms with E-state index in [1.165, 1.54) is 0 Å². The maximum absolute atomic E-state index is 13.6. The van der Waals surface area contributed by atoms with E-state index in [1.54, 1.807) is 11.9 Å². The van der Waals surface area contributed by atoms with Crippen LogP contribution < -0.4 is 16.0 Å². The molecule has 4 atom stereocenters. The lowest BCUT2D eigenvalue weighted by molar-refractivity contribution is -0.192. The van der Waals surface area contributed by atoms with Crippen molar-refractivity contribution in [3.8, 4) is 0 Å². The number of hydrogen-bond donors (Lipinski definition) is 4. The van der Waals surface area contributed by atoms with Gasteiger partial charge in [-0.1, -0.05) is 67.6 Å². The van der Waals surface area contributed by atoms with Crippen molar-refractivity contribution < 1.29 is 37.5 Å². The normalized spacial score (nSPS) is 21.0. The summed E-state index contributed by atoms with van der Waals surface area (Å²) in [5.74, 6) is -3.21. The fourth-order valence-corrected chi connectivity index (χ4v) is 5.43. The highest BCUT2D eigenvalue weighted by atomic mass is 19.4. The maximum atomic E-state index is 13.6. The first-order valence-corrected chi connectivity index (χ1v) is 14.0. The summed E-state index contributed by atoms with van der Waals surface area (Å²) in [6.07, 6.45) is -0.706. The summed E-state index contributed by atoms with van der Waals surface area (Å²) in [4.78, 5) is 50.6. The number of alkyl halides is 3. The van der Waals surface area contributed by atoms with Gasteiger partial charge >= 0.3 is 12.1 Å². The van der Waals surface area contributed by atoms with Crippen LogP contribution in [0.3, 0.4) is 0 Å². The number of likely N-dealkylation sites (N-methyl/N-ethyl adjacent to an activating group) is 1. The minimum atomic E-state index is -5.08. The van der Waals surface area contributed by atoms with Crippen LogP contribution in [0, 0.1) is 0 Å². The zero-order chi connectivity index (χ0) is 30.9. The number of carbonyl (C=O) groups excluding carboxylic acids is 3. The topological polar surface area (TPSA) is 128 Å². The Balaban J connectivity index is 0.000000616. The molecule has 0 spiro atoms. The molecular formula is C30H37F3N4O5. The molecule has 2 fully saturated rings. The van der Waals surface area contributed by atoms with Crippen LogP contribution in [0.1, 0.15) is 62.6 Å². The Hall–Kier alpha value is -3.93. The predicted molar refractivity (Wildman–Crippen MR) is 149 cm³/mol. The first kappa shape index (κ1) is 32.6. The number of carbonyl (C=O) groups is 4. The molecule has 0 aromatic heterocycles. The molecule has 2 aliphatic heterocycles. The fraction of sp³-hybridized carbons (Fsp3) is 0.467. The summed E-state index contributed by atoms with van der Waals surface area (Å²) in [6, 6.07) is 18.0. The summed E-state index contributed by atoms with van der Waals surface area (Å²) >= 11 is 0. The highest BCUT2D eigenvalue weighted by Gasteiger charge is 2.45. The van der Waals surface area contributed by atoms with Crippen LogP contribution in [-0.4, -0.2) is 71.1 Å². The number of nitrogens with one attached hydrogen (secondary N) is 3. The van der Waals surface area contributed by atoms with Crippen LogP contribution in [0.25, 0.3) is 0 Å². The predicted octanol–water partition coefficient (Wildman–Crippen LogP) is 3.55. The largest absolute Gasteiger partial charge is 0.490 e. The molecule has 4 rings (SSSR count). The number of carboxylic acid groups (broad SMARTS) is 1. The molecule has 42 heavy (non-hydrogen) atoms. The SMILES string of the molecule is CC[C@H](NC)C(=O)N[C@H]1CCC[C@H]2CC[C@@H](C(=O)NC(c3ccccc3)c3ccccc3)N2C1=O.O=C(O)C(F)(F)F. The van der Waals surface area contributed by atoms with Crippen LogP contribution in [-0.2, 0) is 19.2 Å². The van der Waals surface area contributed by atoms with Gasteiger partial charge in [0, 0.05) is 6.04 Å². The van der Waals surface area contributed by atoms with Gasteiger partial charge in [0.2, 0.25) is 17.7 Å². The maximum Gasteiger partial charge on any atom is 0.490 e. The molecule has 2 aromatic carbocycles. The number of fused-ring (bicyclic) bond motifs is 1. The van der Waals surface area contributed by atoms with Crippen molar-refractivity contribution in [2.24, 2.45) is 0 Å². The Labute approximate surface area is 242 Å². The van der Waals surface area contributed by atoms with Gasteiger partial charge in [-0.15, -0.1) is 0 Å². The number of halogens is 3. The Morgan fingerprint density at radius 2 is 1.50 bits per heavy atom. The number of hydrogen-bond acceptors (Lipinski definition) is 5. The van der Waals surface area contributed by atoms with Crippen molar-refractivity contribution in [2.75, 3.05) is 7.05 Å². The van der Waals surface area contributed by atoms with Gasteiger partial charge in [0.05, 0.1) is 12.1 Å². The van der Waals surface area contributed by atoms with Gasteiger partial charge in [-0.25, -0.2) is 4.79 Å². The Morgan fingerprint density at radius 1 is 0.952 bits per heavy atom. The molecule has 228 valence electrons. The molecule has 0 aliphatic carbocycles. The van der Waals surface area contributed by atoms with E-state index in [0.717, 1.165) is 30.4 Å². The summed E-state index contributed by atoms with van der Waals surface area (Å²) < 4.78 is 31.7. The monoisotopic (exact) mass is 590 g/mol. The molecule has 2 aromatic rings. The minimum Gasteiger partial charge on any atom is -0.475 e. The van der Waals surface area contributed by atoms with Crippen molar-refractivity contribution in [2.45, 2.75) is 81.8 Å². The lowest BCUT2D eigenvalue weighted by Crippen LogP contribution is -2.56. The van der Waals surface area contributed by atoms with Crippen LogP contribution in [0.15, 0.2) is 60.7 Å². The standard InChI is InChI=1S/C28H36N4O3.C2HF3O2/c1-3-22(29-2)26(33)30-23-16-10-15-21-17-18-24(32(21)28(23)35)27(34)31-25(19-11-6-4-7-12-19)20-13-8-5-9-14-20;3-2(4,5)1(6)7/h4-9,11-14,21-25,29H,3,10,15-18H2,1-2H3,(H,30,33)(H,31,34);(H,6,7)/t21-,22-,23-,24-;/m0./s1. The van der Waals surface area contributed by atoms with Gasteiger partial charge < -0.3 is 26.0 Å². The van der Waals surface area contributed by atoms with E-state index in [-0.39, 0.29) is 35.8 Å². The first-order chi connectivity index (χ1) is 20.0. The van der Waals surface area contributed by atoms with Gasteiger partial charge in [0.25, 0.3) is 0 Å². The molecule has 0 unspecified atom stereocenters. The molecule has 9 nitrogen and oxygen atoms in total. The molecule has 0 bridgehead atoms. The number of amides is 3. The Kier molecular flexibility index (Phi) is 11.5. The van der Waals surface area contributed by atoms with Gasteiger partial charge in [-0.05, 0) is 56.7 Å². The Morgan fingerprint density at radius 3 is 1.98 bits per heavy atom. The first-order valence-electron chi connectivity index (χ1n) is 14.0. The van der Waals surface area contributed by atoms with Crippen molar-refractivity contribution >= 4 is 23.7 Å². The quantitative estimate of drug-likeness (QED) is 0.373. The molecule has 2 aliphatic rings. The lowest BCUT2D eigenvalue weighted by Gasteiger charge is -2.32. The van der Waals surface area contributed by atoms with Crippen LogP contribution in [0.4, 0.5) is 13.2 Å². The average molecular weight is 591 g/mol. The van der Waals surface area contributed by atoms with Crippen molar-refractivity contribution in [1.82, 2.24) is 20.9 Å². The summed E-state index contributed by atoms with van der Waals surface area (Å²) in [5, 5.41) is 16.3. The number of rotatable bonds is 8. The summed E-state index contributed by atoms with van der Waals surface area (Å²) in [6.45, 7) is 1.93. The van der Waals surface area contributed by atoms with Crippen LogP contribution in [0.5, 0.6) is 0 Å². The third kappa shape index (κ3) is 8.31.